The highest BCUT2D eigenvalue weighted by Crippen LogP contribution is 2.32. The number of methoxy groups -OCH3 is 1. The molecule has 1 saturated carbocycles. The molecule has 0 heterocycles. The van der Waals surface area contributed by atoms with Crippen LogP contribution in [0.2, 0.25) is 0 Å². The van der Waals surface area contributed by atoms with E-state index in [1.807, 2.05) is 0 Å². The smallest absolute Gasteiger partial charge is 0.214 e. The first-order chi connectivity index (χ1) is 7.93. The highest BCUT2D eigenvalue weighted by molar-refractivity contribution is 7.89. The van der Waals surface area contributed by atoms with E-state index in [1.165, 1.54) is 7.11 Å². The third-order valence-corrected chi connectivity index (χ3v) is 4.91. The van der Waals surface area contributed by atoms with Gasteiger partial charge in [-0.25, -0.2) is 13.1 Å². The second-order valence-electron chi connectivity index (χ2n) is 5.03. The molecule has 0 aromatic carbocycles. The lowest BCUT2D eigenvalue weighted by atomic mass is 9.78. The number of aliphatic hydroxyl groups is 1. The summed E-state index contributed by atoms with van der Waals surface area (Å²) < 4.78 is 31.0. The molecule has 0 atom stereocenters. The number of rotatable bonds is 6. The molecule has 1 rings (SSSR count). The van der Waals surface area contributed by atoms with Crippen LogP contribution in [0.3, 0.4) is 0 Å². The van der Waals surface area contributed by atoms with Crippen LogP contribution >= 0.6 is 0 Å². The van der Waals surface area contributed by atoms with E-state index in [2.05, 4.69) is 11.6 Å². The number of ether oxygens (including phenoxy) is 1. The summed E-state index contributed by atoms with van der Waals surface area (Å²) in [6, 6.07) is 0. The lowest BCUT2D eigenvalue weighted by molar-refractivity contribution is 0.125. The molecule has 0 aromatic rings. The fourth-order valence-electron chi connectivity index (χ4n) is 2.18. The lowest BCUT2D eigenvalue weighted by Gasteiger charge is -2.38. The third kappa shape index (κ3) is 4.54. The first-order valence-electron chi connectivity index (χ1n) is 6.04. The normalized spacial score (nSPS) is 30.4. The molecule has 1 aliphatic rings. The number of hydrogen-bond donors (Lipinski definition) is 2. The Labute approximate surface area is 104 Å². The fourth-order valence-corrected chi connectivity index (χ4v) is 3.60. The van der Waals surface area contributed by atoms with E-state index in [4.69, 9.17) is 4.74 Å². The van der Waals surface area contributed by atoms with Crippen LogP contribution < -0.4 is 4.72 Å². The van der Waals surface area contributed by atoms with Crippen molar-refractivity contribution in [3.63, 3.8) is 0 Å². The van der Waals surface area contributed by atoms with Gasteiger partial charge in [-0.05, 0) is 31.6 Å². The minimum absolute atomic E-state index is 0.0548. The SMILES string of the molecule is COCCS(=O)(=O)NC1(CO)CCC(C)CC1. The van der Waals surface area contributed by atoms with Crippen molar-refractivity contribution >= 4 is 10.0 Å². The molecule has 5 nitrogen and oxygen atoms in total. The average molecular weight is 265 g/mol. The van der Waals surface area contributed by atoms with Crippen LogP contribution in [-0.2, 0) is 14.8 Å². The zero-order valence-electron chi connectivity index (χ0n) is 10.6. The Hall–Kier alpha value is -0.170. The Morgan fingerprint density at radius 3 is 2.47 bits per heavy atom. The van der Waals surface area contributed by atoms with Crippen molar-refractivity contribution in [3.8, 4) is 0 Å². The summed E-state index contributed by atoms with van der Waals surface area (Å²) >= 11 is 0. The second-order valence-corrected chi connectivity index (χ2v) is 6.88. The third-order valence-electron chi connectivity index (χ3n) is 3.46. The topological polar surface area (TPSA) is 75.6 Å². The summed E-state index contributed by atoms with van der Waals surface area (Å²) in [6.45, 7) is 2.19. The van der Waals surface area contributed by atoms with Gasteiger partial charge in [-0.3, -0.25) is 0 Å². The van der Waals surface area contributed by atoms with Gasteiger partial charge in [-0.15, -0.1) is 0 Å². The number of sulfonamides is 1. The molecular formula is C11H23NO4S. The molecule has 1 aliphatic carbocycles. The molecule has 102 valence electrons. The van der Waals surface area contributed by atoms with E-state index in [-0.39, 0.29) is 19.0 Å². The van der Waals surface area contributed by atoms with Crippen LogP contribution in [-0.4, -0.2) is 45.1 Å². The van der Waals surface area contributed by atoms with Crippen LogP contribution in [0.4, 0.5) is 0 Å². The van der Waals surface area contributed by atoms with Crippen molar-refractivity contribution in [2.24, 2.45) is 5.92 Å². The van der Waals surface area contributed by atoms with Crippen LogP contribution in [0.5, 0.6) is 0 Å². The van der Waals surface area contributed by atoms with Crippen molar-refractivity contribution in [1.82, 2.24) is 4.72 Å². The molecule has 6 heteroatoms. The number of aliphatic hydroxyl groups excluding tert-OH is 1. The Morgan fingerprint density at radius 1 is 1.41 bits per heavy atom. The van der Waals surface area contributed by atoms with Crippen molar-refractivity contribution in [2.75, 3.05) is 26.1 Å². The molecular weight excluding hydrogens is 242 g/mol. The first-order valence-corrected chi connectivity index (χ1v) is 7.70. The van der Waals surface area contributed by atoms with Crippen LogP contribution in [0.25, 0.3) is 0 Å². The summed E-state index contributed by atoms with van der Waals surface area (Å²) in [6.07, 6.45) is 3.31. The maximum Gasteiger partial charge on any atom is 0.214 e. The minimum Gasteiger partial charge on any atom is -0.394 e. The Bertz CT molecular complexity index is 320. The molecule has 0 aliphatic heterocycles. The summed E-state index contributed by atoms with van der Waals surface area (Å²) in [5.41, 5.74) is -0.654. The van der Waals surface area contributed by atoms with Gasteiger partial charge in [-0.1, -0.05) is 6.92 Å². The van der Waals surface area contributed by atoms with Gasteiger partial charge in [0.25, 0.3) is 0 Å². The molecule has 0 aromatic heterocycles. The van der Waals surface area contributed by atoms with Gasteiger partial charge in [0, 0.05) is 7.11 Å². The zero-order valence-corrected chi connectivity index (χ0v) is 11.4. The van der Waals surface area contributed by atoms with Crippen LogP contribution in [0.1, 0.15) is 32.6 Å². The predicted molar refractivity (Wildman–Crippen MR) is 66.2 cm³/mol. The van der Waals surface area contributed by atoms with E-state index in [9.17, 15) is 13.5 Å². The maximum absolute atomic E-state index is 11.8. The summed E-state index contributed by atoms with van der Waals surface area (Å²) in [5, 5.41) is 9.46. The molecule has 0 unspecified atom stereocenters. The van der Waals surface area contributed by atoms with Crippen LogP contribution in [0.15, 0.2) is 0 Å². The van der Waals surface area contributed by atoms with Gasteiger partial charge in [0.2, 0.25) is 10.0 Å². The van der Waals surface area contributed by atoms with Crippen molar-refractivity contribution in [1.29, 1.82) is 0 Å². The van der Waals surface area contributed by atoms with Gasteiger partial charge in [-0.2, -0.15) is 0 Å². The standard InChI is InChI=1S/C11H23NO4S/c1-10-3-5-11(9-13,6-4-10)12-17(14,15)8-7-16-2/h10,12-13H,3-9H2,1-2H3. The molecule has 2 N–H and O–H groups in total. The fraction of sp³-hybridized carbons (Fsp3) is 1.00. The summed E-state index contributed by atoms with van der Waals surface area (Å²) in [4.78, 5) is 0. The molecule has 0 amide bonds. The van der Waals surface area contributed by atoms with E-state index in [0.29, 0.717) is 18.8 Å². The maximum atomic E-state index is 11.8. The lowest BCUT2D eigenvalue weighted by Crippen LogP contribution is -2.54. The predicted octanol–water partition coefficient (Wildman–Crippen LogP) is 0.493. The van der Waals surface area contributed by atoms with Crippen molar-refractivity contribution in [2.45, 2.75) is 38.1 Å². The van der Waals surface area contributed by atoms with Gasteiger partial charge < -0.3 is 9.84 Å². The summed E-state index contributed by atoms with van der Waals surface area (Å²) in [5.74, 6) is 0.555. The summed E-state index contributed by atoms with van der Waals surface area (Å²) in [7, 11) is -1.89. The largest absolute Gasteiger partial charge is 0.394 e. The molecule has 1 fully saturated rings. The molecule has 0 saturated heterocycles. The van der Waals surface area contributed by atoms with Gasteiger partial charge >= 0.3 is 0 Å². The Balaban J connectivity index is 2.62. The van der Waals surface area contributed by atoms with E-state index in [1.54, 1.807) is 0 Å². The number of nitrogens with one attached hydrogen (secondary N) is 1. The van der Waals surface area contributed by atoms with Crippen molar-refractivity contribution < 1.29 is 18.3 Å². The van der Waals surface area contributed by atoms with Crippen molar-refractivity contribution in [3.05, 3.63) is 0 Å². The van der Waals surface area contributed by atoms with Gasteiger partial charge in [0.05, 0.1) is 24.5 Å². The van der Waals surface area contributed by atoms with E-state index >= 15 is 0 Å². The molecule has 17 heavy (non-hydrogen) atoms. The second kappa shape index (κ2) is 6.13. The first kappa shape index (κ1) is 14.9. The Morgan fingerprint density at radius 2 is 2.00 bits per heavy atom. The number of hydrogen-bond acceptors (Lipinski definition) is 4. The molecule has 0 radical (unpaired) electrons. The highest BCUT2D eigenvalue weighted by Gasteiger charge is 2.36. The monoisotopic (exact) mass is 265 g/mol. The zero-order chi connectivity index (χ0) is 12.9. The van der Waals surface area contributed by atoms with Crippen LogP contribution in [0, 0.1) is 5.92 Å². The quantitative estimate of drug-likeness (QED) is 0.733. The van der Waals surface area contributed by atoms with E-state index in [0.717, 1.165) is 12.8 Å². The van der Waals surface area contributed by atoms with Gasteiger partial charge in [0.1, 0.15) is 0 Å². The highest BCUT2D eigenvalue weighted by atomic mass is 32.2. The van der Waals surface area contributed by atoms with Gasteiger partial charge in [0.15, 0.2) is 0 Å². The molecule has 0 bridgehead atoms. The average Bonchev–Trinajstić information content (AvgIpc) is 2.30. The molecule has 0 spiro atoms. The Kier molecular flexibility index (Phi) is 5.37. The van der Waals surface area contributed by atoms with E-state index < -0.39 is 15.6 Å². The minimum atomic E-state index is -3.37.